The number of unbranched alkanes of at least 4 members (excludes halogenated alkanes) is 9. The van der Waals surface area contributed by atoms with Gasteiger partial charge in [-0.05, 0) is 26.7 Å². The molecule has 0 aliphatic carbocycles. The number of carbonyl (C=O) groups excluding carboxylic acids is 2. The van der Waals surface area contributed by atoms with Gasteiger partial charge in [0.2, 0.25) is 0 Å². The van der Waals surface area contributed by atoms with E-state index in [4.69, 9.17) is 4.74 Å². The third-order valence-corrected chi connectivity index (χ3v) is 4.08. The fourth-order valence-electron chi connectivity index (χ4n) is 2.57. The molecule has 0 unspecified atom stereocenters. The molecule has 0 rings (SSSR count). The number of hydrogen-bond acceptors (Lipinski definition) is 3. The molecular weight excluding hydrogens is 316 g/mol. The normalized spacial score (nSPS) is 10.9. The van der Waals surface area contributed by atoms with Crippen molar-refractivity contribution in [2.75, 3.05) is 19.7 Å². The first-order valence-electron chi connectivity index (χ1n) is 10.3. The molecule has 0 spiro atoms. The Balaban J connectivity index is 3.35. The summed E-state index contributed by atoms with van der Waals surface area (Å²) in [5, 5.41) is 5.30. The van der Waals surface area contributed by atoms with Gasteiger partial charge in [-0.1, -0.05) is 64.7 Å². The van der Waals surface area contributed by atoms with E-state index in [0.717, 1.165) is 19.3 Å². The summed E-state index contributed by atoms with van der Waals surface area (Å²) in [7, 11) is 0. The number of rotatable bonds is 16. The predicted molar refractivity (Wildman–Crippen MR) is 104 cm³/mol. The topological polar surface area (TPSA) is 67.4 Å². The van der Waals surface area contributed by atoms with Gasteiger partial charge in [-0.3, -0.25) is 9.59 Å². The lowest BCUT2D eigenvalue weighted by Gasteiger charge is -2.08. The summed E-state index contributed by atoms with van der Waals surface area (Å²) in [4.78, 5) is 23.2. The molecule has 0 saturated heterocycles. The minimum atomic E-state index is -0.545. The van der Waals surface area contributed by atoms with Crippen LogP contribution in [-0.4, -0.2) is 37.6 Å². The molecule has 0 fully saturated rings. The van der Waals surface area contributed by atoms with E-state index in [1.165, 1.54) is 51.4 Å². The van der Waals surface area contributed by atoms with Gasteiger partial charge in [-0.2, -0.15) is 0 Å². The van der Waals surface area contributed by atoms with Gasteiger partial charge in [0.15, 0.2) is 0 Å². The van der Waals surface area contributed by atoms with E-state index >= 15 is 0 Å². The van der Waals surface area contributed by atoms with E-state index in [2.05, 4.69) is 17.6 Å². The lowest BCUT2D eigenvalue weighted by Crippen LogP contribution is -2.40. The smallest absolute Gasteiger partial charge is 0.309 e. The zero-order valence-electron chi connectivity index (χ0n) is 16.7. The van der Waals surface area contributed by atoms with Crippen molar-refractivity contribution in [3.05, 3.63) is 0 Å². The van der Waals surface area contributed by atoms with Crippen LogP contribution in [0.3, 0.4) is 0 Å². The quantitative estimate of drug-likeness (QED) is 0.325. The van der Waals surface area contributed by atoms with Gasteiger partial charge in [0.05, 0.1) is 6.10 Å². The van der Waals surface area contributed by atoms with Crippen LogP contribution >= 0.6 is 0 Å². The highest BCUT2D eigenvalue weighted by atomic mass is 16.5. The maximum Gasteiger partial charge on any atom is 0.309 e. The molecule has 0 atom stereocenters. The molecule has 5 heteroatoms. The summed E-state index contributed by atoms with van der Waals surface area (Å²) < 4.78 is 5.38. The van der Waals surface area contributed by atoms with E-state index in [9.17, 15) is 9.59 Å². The van der Waals surface area contributed by atoms with E-state index in [1.807, 2.05) is 13.8 Å². The maximum absolute atomic E-state index is 11.6. The van der Waals surface area contributed by atoms with E-state index in [-0.39, 0.29) is 6.10 Å². The standard InChI is InChI=1S/C20H40N2O3/c1-4-5-6-7-8-9-10-11-12-13-15-21-19(23)20(24)22-16-14-17-25-18(2)3/h18H,4-17H2,1-3H3,(H,21,23)(H,22,24). The monoisotopic (exact) mass is 356 g/mol. The number of ether oxygens (including phenoxy) is 1. The molecule has 0 aliphatic rings. The lowest BCUT2D eigenvalue weighted by molar-refractivity contribution is -0.139. The number of amides is 2. The van der Waals surface area contributed by atoms with Gasteiger partial charge >= 0.3 is 11.8 Å². The van der Waals surface area contributed by atoms with Crippen molar-refractivity contribution >= 4 is 11.8 Å². The van der Waals surface area contributed by atoms with Crippen LogP contribution in [0.4, 0.5) is 0 Å². The molecule has 0 aromatic heterocycles. The third-order valence-electron chi connectivity index (χ3n) is 4.08. The Kier molecular flexibility index (Phi) is 16.9. The fourth-order valence-corrected chi connectivity index (χ4v) is 2.57. The van der Waals surface area contributed by atoms with Gasteiger partial charge in [-0.25, -0.2) is 0 Å². The molecule has 0 aromatic carbocycles. The zero-order valence-corrected chi connectivity index (χ0v) is 16.7. The second kappa shape index (κ2) is 17.7. The Morgan fingerprint density at radius 3 is 1.64 bits per heavy atom. The SMILES string of the molecule is CCCCCCCCCCCCNC(=O)C(=O)NCCCOC(C)C. The van der Waals surface area contributed by atoms with Crippen LogP contribution in [0.2, 0.25) is 0 Å². The largest absolute Gasteiger partial charge is 0.379 e. The predicted octanol–water partition coefficient (Wildman–Crippen LogP) is 3.95. The first-order valence-corrected chi connectivity index (χ1v) is 10.3. The number of carbonyl (C=O) groups is 2. The molecule has 2 amide bonds. The molecule has 0 aliphatic heterocycles. The van der Waals surface area contributed by atoms with E-state index < -0.39 is 11.8 Å². The molecule has 5 nitrogen and oxygen atoms in total. The second-order valence-corrected chi connectivity index (χ2v) is 6.97. The molecule has 148 valence electrons. The lowest BCUT2D eigenvalue weighted by atomic mass is 10.1. The second-order valence-electron chi connectivity index (χ2n) is 6.97. The summed E-state index contributed by atoms with van der Waals surface area (Å²) in [5.74, 6) is -1.07. The summed E-state index contributed by atoms with van der Waals surface area (Å²) in [5.41, 5.74) is 0. The first-order chi connectivity index (χ1) is 12.1. The van der Waals surface area contributed by atoms with E-state index in [1.54, 1.807) is 0 Å². The van der Waals surface area contributed by atoms with Gasteiger partial charge in [0.25, 0.3) is 0 Å². The van der Waals surface area contributed by atoms with Crippen molar-refractivity contribution in [3.8, 4) is 0 Å². The van der Waals surface area contributed by atoms with Crippen LogP contribution < -0.4 is 10.6 Å². The highest BCUT2D eigenvalue weighted by Gasteiger charge is 2.11. The van der Waals surface area contributed by atoms with Gasteiger partial charge in [0.1, 0.15) is 0 Å². The van der Waals surface area contributed by atoms with Crippen molar-refractivity contribution in [1.82, 2.24) is 10.6 Å². The van der Waals surface area contributed by atoms with Crippen molar-refractivity contribution < 1.29 is 14.3 Å². The van der Waals surface area contributed by atoms with Gasteiger partial charge in [-0.15, -0.1) is 0 Å². The highest BCUT2D eigenvalue weighted by molar-refractivity contribution is 6.35. The molecule has 0 aromatic rings. The zero-order chi connectivity index (χ0) is 18.8. The van der Waals surface area contributed by atoms with Crippen LogP contribution in [0.5, 0.6) is 0 Å². The summed E-state index contributed by atoms with van der Waals surface area (Å²) >= 11 is 0. The first kappa shape index (κ1) is 23.9. The molecule has 25 heavy (non-hydrogen) atoms. The van der Waals surface area contributed by atoms with E-state index in [0.29, 0.717) is 19.7 Å². The highest BCUT2D eigenvalue weighted by Crippen LogP contribution is 2.10. The molecular formula is C20H40N2O3. The Bertz CT molecular complexity index is 333. The average molecular weight is 357 g/mol. The Morgan fingerprint density at radius 1 is 0.720 bits per heavy atom. The number of nitrogens with one attached hydrogen (secondary N) is 2. The molecule has 0 heterocycles. The molecule has 0 bridgehead atoms. The Morgan fingerprint density at radius 2 is 1.16 bits per heavy atom. The van der Waals surface area contributed by atoms with Crippen LogP contribution in [0.25, 0.3) is 0 Å². The van der Waals surface area contributed by atoms with Crippen molar-refractivity contribution in [2.45, 2.75) is 97.5 Å². The van der Waals surface area contributed by atoms with Gasteiger partial charge in [0, 0.05) is 19.7 Å². The summed E-state index contributed by atoms with van der Waals surface area (Å²) in [6.07, 6.45) is 13.5. The minimum Gasteiger partial charge on any atom is -0.379 e. The van der Waals surface area contributed by atoms with Crippen LogP contribution in [0.1, 0.15) is 91.4 Å². The maximum atomic E-state index is 11.6. The average Bonchev–Trinajstić information content (AvgIpc) is 2.58. The summed E-state index contributed by atoms with van der Waals surface area (Å²) in [6, 6.07) is 0. The van der Waals surface area contributed by atoms with Gasteiger partial charge < -0.3 is 15.4 Å². The Hall–Kier alpha value is -1.10. The fraction of sp³-hybridized carbons (Fsp3) is 0.900. The van der Waals surface area contributed by atoms with Crippen LogP contribution in [0, 0.1) is 0 Å². The molecule has 0 radical (unpaired) electrons. The Labute approximate surface area is 154 Å². The van der Waals surface area contributed by atoms with Crippen LogP contribution in [0.15, 0.2) is 0 Å². The third kappa shape index (κ3) is 17.5. The van der Waals surface area contributed by atoms with Crippen molar-refractivity contribution in [1.29, 1.82) is 0 Å². The molecule has 0 saturated carbocycles. The van der Waals surface area contributed by atoms with Crippen molar-refractivity contribution in [3.63, 3.8) is 0 Å². The van der Waals surface area contributed by atoms with Crippen LogP contribution in [-0.2, 0) is 14.3 Å². The summed E-state index contributed by atoms with van der Waals surface area (Å²) in [6.45, 7) is 7.83. The minimum absolute atomic E-state index is 0.194. The molecule has 2 N–H and O–H groups in total. The van der Waals surface area contributed by atoms with Crippen molar-refractivity contribution in [2.24, 2.45) is 0 Å². The number of hydrogen-bond donors (Lipinski definition) is 2.